The number of carbonyl (C=O) groups excluding carboxylic acids is 2. The summed E-state index contributed by atoms with van der Waals surface area (Å²) in [6, 6.07) is 4.73. The molecule has 1 saturated heterocycles. The highest BCUT2D eigenvalue weighted by Gasteiger charge is 2.44. The van der Waals surface area contributed by atoms with E-state index in [9.17, 15) is 31.5 Å². The van der Waals surface area contributed by atoms with Crippen LogP contribution < -0.4 is 16.4 Å². The molecule has 1 amide bonds. The second-order valence-corrected chi connectivity index (χ2v) is 8.81. The van der Waals surface area contributed by atoms with Gasteiger partial charge in [-0.05, 0) is 24.6 Å². The molecule has 1 aliphatic heterocycles. The lowest BCUT2D eigenvalue weighted by atomic mass is 9.80. The monoisotopic (exact) mass is 535 g/mol. The van der Waals surface area contributed by atoms with Crippen LogP contribution >= 0.6 is 0 Å². The van der Waals surface area contributed by atoms with Crippen molar-refractivity contribution in [3.8, 4) is 0 Å². The fraction of sp³-hybridized carbons (Fsp3) is 0.280. The number of nitrogens with one attached hydrogen (secondary N) is 2. The number of ketones is 1. The SMILES string of the molecule is Nc1cncc(C(=O)C[C@@]2(C(=O)NCc3ncc(Nc4c(F)cccc4C(F)(F)F)cc3F)CCOC2)c1. The molecule has 4 rings (SSSR count). The minimum absolute atomic E-state index is 0.0245. The minimum atomic E-state index is -4.84. The second-order valence-electron chi connectivity index (χ2n) is 8.81. The molecule has 0 saturated carbocycles. The molecule has 3 heterocycles. The predicted octanol–water partition coefficient (Wildman–Crippen LogP) is 4.40. The van der Waals surface area contributed by atoms with Gasteiger partial charge >= 0.3 is 6.18 Å². The van der Waals surface area contributed by atoms with E-state index >= 15 is 0 Å². The molecule has 0 unspecified atom stereocenters. The van der Waals surface area contributed by atoms with Gasteiger partial charge in [0.2, 0.25) is 5.91 Å². The Hall–Kier alpha value is -4.13. The molecule has 38 heavy (non-hydrogen) atoms. The van der Waals surface area contributed by atoms with Gasteiger partial charge < -0.3 is 21.1 Å². The van der Waals surface area contributed by atoms with Crippen molar-refractivity contribution in [2.24, 2.45) is 5.41 Å². The number of nitrogens with zero attached hydrogens (tertiary/aromatic N) is 2. The number of aromatic nitrogens is 2. The number of anilines is 3. The summed E-state index contributed by atoms with van der Waals surface area (Å²) >= 11 is 0. The maximum Gasteiger partial charge on any atom is 0.418 e. The number of nitrogen functional groups attached to an aromatic ring is 1. The van der Waals surface area contributed by atoms with Gasteiger partial charge in [0.25, 0.3) is 0 Å². The van der Waals surface area contributed by atoms with Crippen LogP contribution in [0.2, 0.25) is 0 Å². The number of para-hydroxylation sites is 1. The van der Waals surface area contributed by atoms with Gasteiger partial charge in [0.15, 0.2) is 5.78 Å². The largest absolute Gasteiger partial charge is 0.418 e. The normalized spacial score (nSPS) is 17.3. The topological polar surface area (TPSA) is 119 Å². The summed E-state index contributed by atoms with van der Waals surface area (Å²) in [6.45, 7) is -0.143. The van der Waals surface area contributed by atoms with Crippen LogP contribution in [0.15, 0.2) is 48.9 Å². The second kappa shape index (κ2) is 10.7. The highest BCUT2D eigenvalue weighted by atomic mass is 19.4. The number of hydrogen-bond donors (Lipinski definition) is 3. The first-order valence-corrected chi connectivity index (χ1v) is 11.4. The molecule has 2 aromatic heterocycles. The van der Waals surface area contributed by atoms with E-state index in [0.717, 1.165) is 24.4 Å². The first-order valence-electron chi connectivity index (χ1n) is 11.4. The maximum atomic E-state index is 14.7. The van der Waals surface area contributed by atoms with E-state index in [0.29, 0.717) is 11.8 Å². The first kappa shape index (κ1) is 26.9. The molecule has 0 bridgehead atoms. The molecule has 0 radical (unpaired) electrons. The van der Waals surface area contributed by atoms with Crippen LogP contribution in [0.4, 0.5) is 39.0 Å². The molecule has 200 valence electrons. The molecule has 1 aliphatic rings. The summed E-state index contributed by atoms with van der Waals surface area (Å²) in [4.78, 5) is 33.6. The highest BCUT2D eigenvalue weighted by molar-refractivity contribution is 6.00. The van der Waals surface area contributed by atoms with E-state index in [2.05, 4.69) is 20.6 Å². The summed E-state index contributed by atoms with van der Waals surface area (Å²) in [7, 11) is 0. The van der Waals surface area contributed by atoms with Gasteiger partial charge in [0, 0.05) is 37.1 Å². The Bertz CT molecular complexity index is 1360. The van der Waals surface area contributed by atoms with Crippen molar-refractivity contribution in [2.75, 3.05) is 24.3 Å². The van der Waals surface area contributed by atoms with E-state index in [1.54, 1.807) is 0 Å². The number of hydrogen-bond acceptors (Lipinski definition) is 7. The van der Waals surface area contributed by atoms with E-state index in [1.807, 2.05) is 0 Å². The van der Waals surface area contributed by atoms with Gasteiger partial charge in [-0.1, -0.05) is 6.07 Å². The van der Waals surface area contributed by atoms with Gasteiger partial charge in [0.1, 0.15) is 11.6 Å². The number of nitrogens with two attached hydrogens (primary N) is 1. The van der Waals surface area contributed by atoms with Crippen molar-refractivity contribution in [2.45, 2.75) is 25.6 Å². The molecule has 0 spiro atoms. The first-order chi connectivity index (χ1) is 18.0. The molecule has 0 aliphatic carbocycles. The average molecular weight is 535 g/mol. The number of amides is 1. The number of rotatable bonds is 8. The summed E-state index contributed by atoms with van der Waals surface area (Å²) in [5, 5.41) is 4.77. The van der Waals surface area contributed by atoms with Crippen LogP contribution in [0.25, 0.3) is 0 Å². The number of pyridine rings is 2. The molecule has 4 N–H and O–H groups in total. The number of carbonyl (C=O) groups is 2. The lowest BCUT2D eigenvalue weighted by Crippen LogP contribution is -2.43. The van der Waals surface area contributed by atoms with Crippen molar-refractivity contribution >= 4 is 28.8 Å². The van der Waals surface area contributed by atoms with Gasteiger partial charge in [-0.25, -0.2) is 8.78 Å². The van der Waals surface area contributed by atoms with Gasteiger partial charge in [-0.3, -0.25) is 19.6 Å². The molecular weight excluding hydrogens is 513 g/mol. The van der Waals surface area contributed by atoms with Crippen LogP contribution in [0.3, 0.4) is 0 Å². The lowest BCUT2D eigenvalue weighted by molar-refractivity contribution is -0.137. The zero-order valence-electron chi connectivity index (χ0n) is 19.7. The Morgan fingerprint density at radius 3 is 2.55 bits per heavy atom. The summed E-state index contributed by atoms with van der Waals surface area (Å²) in [5.74, 6) is -3.04. The summed E-state index contributed by atoms with van der Waals surface area (Å²) in [6.07, 6.45) is -1.04. The van der Waals surface area contributed by atoms with Crippen LogP contribution in [-0.2, 0) is 22.3 Å². The molecule has 8 nitrogen and oxygen atoms in total. The Balaban J connectivity index is 1.45. The fourth-order valence-electron chi connectivity index (χ4n) is 4.07. The number of benzene rings is 1. The molecule has 13 heteroatoms. The Kier molecular flexibility index (Phi) is 7.58. The lowest BCUT2D eigenvalue weighted by Gasteiger charge is -2.25. The van der Waals surface area contributed by atoms with Crippen LogP contribution in [0.1, 0.15) is 34.5 Å². The van der Waals surface area contributed by atoms with Crippen molar-refractivity contribution in [1.29, 1.82) is 0 Å². The molecule has 3 aromatic rings. The summed E-state index contributed by atoms with van der Waals surface area (Å²) < 4.78 is 73.9. The smallest absolute Gasteiger partial charge is 0.397 e. The van der Waals surface area contributed by atoms with Gasteiger partial charge in [-0.2, -0.15) is 13.2 Å². The summed E-state index contributed by atoms with van der Waals surface area (Å²) in [5.41, 5.74) is 2.44. The number of alkyl halides is 3. The number of halogens is 5. The van der Waals surface area contributed by atoms with E-state index in [1.165, 1.54) is 18.5 Å². The van der Waals surface area contributed by atoms with Crippen molar-refractivity contribution < 1.29 is 36.3 Å². The molecule has 1 aromatic carbocycles. The van der Waals surface area contributed by atoms with Crippen LogP contribution in [0, 0.1) is 17.0 Å². The third kappa shape index (κ3) is 5.88. The zero-order valence-corrected chi connectivity index (χ0v) is 19.7. The molecule has 1 fully saturated rings. The predicted molar refractivity (Wildman–Crippen MR) is 126 cm³/mol. The Labute approximate surface area is 213 Å². The molecule has 1 atom stereocenters. The molecular formula is C25H22F5N5O3. The Morgan fingerprint density at radius 1 is 1.11 bits per heavy atom. The van der Waals surface area contributed by atoms with Gasteiger partial charge in [-0.15, -0.1) is 0 Å². The number of ether oxygens (including phenoxy) is 1. The minimum Gasteiger partial charge on any atom is -0.397 e. The third-order valence-corrected chi connectivity index (χ3v) is 6.09. The third-order valence-electron chi connectivity index (χ3n) is 6.09. The van der Waals surface area contributed by atoms with Gasteiger partial charge in [0.05, 0.1) is 53.1 Å². The van der Waals surface area contributed by atoms with Crippen molar-refractivity contribution in [1.82, 2.24) is 15.3 Å². The average Bonchev–Trinajstić information content (AvgIpc) is 3.33. The van der Waals surface area contributed by atoms with Crippen LogP contribution in [-0.4, -0.2) is 34.9 Å². The zero-order chi connectivity index (χ0) is 27.5. The van der Waals surface area contributed by atoms with Crippen LogP contribution in [0.5, 0.6) is 0 Å². The van der Waals surface area contributed by atoms with E-state index < -0.39 is 40.4 Å². The van der Waals surface area contributed by atoms with E-state index in [-0.39, 0.29) is 55.3 Å². The quantitative estimate of drug-likeness (QED) is 0.289. The van der Waals surface area contributed by atoms with Crippen molar-refractivity contribution in [3.63, 3.8) is 0 Å². The highest BCUT2D eigenvalue weighted by Crippen LogP contribution is 2.38. The maximum absolute atomic E-state index is 14.7. The van der Waals surface area contributed by atoms with E-state index in [4.69, 9.17) is 10.5 Å². The standard InChI is InChI=1S/C25H22F5N5O3/c26-18-3-1-2-17(25(28,29)30)22(18)35-16-7-19(27)20(33-11-16)12-34-23(37)24(4-5-38-13-24)8-21(36)14-6-15(31)10-32-9-14/h1-3,6-7,9-11,35H,4-5,8,12-13,31H2,(H,34,37)/t24-/m0/s1. The number of Topliss-reactive ketones (excluding diaryl/α,β-unsaturated/α-hetero) is 1. The van der Waals surface area contributed by atoms with Crippen molar-refractivity contribution in [3.05, 3.63) is 77.4 Å². The Morgan fingerprint density at radius 2 is 1.89 bits per heavy atom. The fourth-order valence-corrected chi connectivity index (χ4v) is 4.07.